The van der Waals surface area contributed by atoms with Crippen LogP contribution in [0.25, 0.3) is 0 Å². The summed E-state index contributed by atoms with van der Waals surface area (Å²) in [4.78, 5) is 26.0. The van der Waals surface area contributed by atoms with Crippen LogP contribution < -0.4 is 0 Å². The number of aryl methyl sites for hydroxylation is 1. The van der Waals surface area contributed by atoms with Gasteiger partial charge in [0.2, 0.25) is 0 Å². The first-order valence-corrected chi connectivity index (χ1v) is 9.43. The van der Waals surface area contributed by atoms with E-state index in [4.69, 9.17) is 5.11 Å². The number of hydrogen-bond acceptors (Lipinski definition) is 2. The molecule has 1 N–H and O–H groups in total. The van der Waals surface area contributed by atoms with E-state index in [1.54, 1.807) is 4.90 Å². The van der Waals surface area contributed by atoms with Gasteiger partial charge in [0.25, 0.3) is 0 Å². The number of carbonyl (C=O) groups excluding carboxylic acids is 1. The molecule has 0 spiro atoms. The van der Waals surface area contributed by atoms with Gasteiger partial charge in [-0.05, 0) is 24.0 Å². The van der Waals surface area contributed by atoms with E-state index in [2.05, 4.69) is 31.2 Å². The summed E-state index contributed by atoms with van der Waals surface area (Å²) in [7, 11) is 0. The molecule has 5 nitrogen and oxygen atoms in total. The topological polar surface area (TPSA) is 60.9 Å². The number of carboxylic acids is 1. The molecule has 1 aromatic carbocycles. The van der Waals surface area contributed by atoms with E-state index in [1.165, 1.54) is 49.0 Å². The second-order valence-electron chi connectivity index (χ2n) is 6.85. The van der Waals surface area contributed by atoms with Gasteiger partial charge >= 0.3 is 12.0 Å². The highest BCUT2D eigenvalue weighted by Crippen LogP contribution is 2.15. The average molecular weight is 346 g/mol. The van der Waals surface area contributed by atoms with Crippen molar-refractivity contribution in [2.45, 2.75) is 58.4 Å². The third-order valence-corrected chi connectivity index (χ3v) is 4.72. The summed E-state index contributed by atoms with van der Waals surface area (Å²) in [5.41, 5.74) is 2.44. The number of unbranched alkanes of at least 4 members (excludes halogenated alkanes) is 5. The lowest BCUT2D eigenvalue weighted by Gasteiger charge is -2.17. The third-order valence-electron chi connectivity index (χ3n) is 4.72. The van der Waals surface area contributed by atoms with Gasteiger partial charge in [0, 0.05) is 19.6 Å². The lowest BCUT2D eigenvalue weighted by atomic mass is 10.0. The van der Waals surface area contributed by atoms with Crippen LogP contribution in [-0.2, 0) is 17.8 Å². The molecule has 0 aliphatic carbocycles. The molecule has 0 bridgehead atoms. The van der Waals surface area contributed by atoms with Crippen LogP contribution in [-0.4, -0.2) is 46.5 Å². The molecule has 0 radical (unpaired) electrons. The number of urea groups is 1. The lowest BCUT2D eigenvalue weighted by Crippen LogP contribution is -2.34. The van der Waals surface area contributed by atoms with E-state index < -0.39 is 5.97 Å². The van der Waals surface area contributed by atoms with Crippen LogP contribution in [0, 0.1) is 0 Å². The SMILES string of the molecule is CCCCCCCCc1ccc(CN2CCN(CC(=O)O)C2=O)cc1. The highest BCUT2D eigenvalue weighted by molar-refractivity contribution is 5.81. The molecule has 1 fully saturated rings. The summed E-state index contributed by atoms with van der Waals surface area (Å²) in [6.07, 6.45) is 8.94. The molecule has 0 atom stereocenters. The van der Waals surface area contributed by atoms with Gasteiger partial charge in [0.05, 0.1) is 0 Å². The molecule has 2 amide bonds. The van der Waals surface area contributed by atoms with Crippen LogP contribution >= 0.6 is 0 Å². The Morgan fingerprint density at radius 1 is 0.960 bits per heavy atom. The second kappa shape index (κ2) is 10.1. The van der Waals surface area contributed by atoms with E-state index in [-0.39, 0.29) is 12.6 Å². The number of carbonyl (C=O) groups is 2. The molecular formula is C20H30N2O3. The van der Waals surface area contributed by atoms with Gasteiger partial charge in [-0.1, -0.05) is 63.3 Å². The van der Waals surface area contributed by atoms with E-state index in [1.807, 2.05) is 0 Å². The molecule has 2 rings (SSSR count). The summed E-state index contributed by atoms with van der Waals surface area (Å²) in [6, 6.07) is 8.28. The number of rotatable bonds is 11. The molecule has 1 heterocycles. The zero-order chi connectivity index (χ0) is 18.1. The van der Waals surface area contributed by atoms with E-state index in [9.17, 15) is 9.59 Å². The first-order valence-electron chi connectivity index (χ1n) is 9.43. The van der Waals surface area contributed by atoms with Crippen molar-refractivity contribution < 1.29 is 14.7 Å². The molecule has 1 aromatic rings. The predicted octanol–water partition coefficient (Wildman–Crippen LogP) is 3.91. The average Bonchev–Trinajstić information content (AvgIpc) is 2.92. The molecular weight excluding hydrogens is 316 g/mol. The Hall–Kier alpha value is -2.04. The lowest BCUT2D eigenvalue weighted by molar-refractivity contribution is -0.137. The van der Waals surface area contributed by atoms with Gasteiger partial charge in [-0.25, -0.2) is 4.79 Å². The maximum atomic E-state index is 12.2. The van der Waals surface area contributed by atoms with Crippen molar-refractivity contribution in [3.8, 4) is 0 Å². The van der Waals surface area contributed by atoms with E-state index >= 15 is 0 Å². The van der Waals surface area contributed by atoms with Gasteiger partial charge in [-0.2, -0.15) is 0 Å². The van der Waals surface area contributed by atoms with E-state index in [0.717, 1.165) is 12.0 Å². The fourth-order valence-electron chi connectivity index (χ4n) is 3.23. The Labute approximate surface area is 150 Å². The van der Waals surface area contributed by atoms with Crippen LogP contribution in [0.3, 0.4) is 0 Å². The Morgan fingerprint density at radius 3 is 2.24 bits per heavy atom. The minimum atomic E-state index is -0.964. The molecule has 0 unspecified atom stereocenters. The summed E-state index contributed by atoms with van der Waals surface area (Å²) in [5, 5.41) is 8.82. The van der Waals surface area contributed by atoms with E-state index in [0.29, 0.717) is 19.6 Å². The van der Waals surface area contributed by atoms with Crippen molar-refractivity contribution in [3.63, 3.8) is 0 Å². The third kappa shape index (κ3) is 6.40. The van der Waals surface area contributed by atoms with Crippen LogP contribution in [0.5, 0.6) is 0 Å². The molecule has 1 aliphatic rings. The first kappa shape index (κ1) is 19.3. The van der Waals surface area contributed by atoms with Crippen molar-refractivity contribution >= 4 is 12.0 Å². The molecule has 138 valence electrons. The van der Waals surface area contributed by atoms with Crippen molar-refractivity contribution in [2.24, 2.45) is 0 Å². The van der Waals surface area contributed by atoms with Crippen molar-refractivity contribution in [3.05, 3.63) is 35.4 Å². The van der Waals surface area contributed by atoms with Crippen molar-refractivity contribution in [1.82, 2.24) is 9.80 Å². The van der Waals surface area contributed by atoms with Gasteiger partial charge < -0.3 is 14.9 Å². The number of benzene rings is 1. The molecule has 5 heteroatoms. The molecule has 0 aromatic heterocycles. The monoisotopic (exact) mass is 346 g/mol. The van der Waals surface area contributed by atoms with Crippen LogP contribution in [0.15, 0.2) is 24.3 Å². The zero-order valence-electron chi connectivity index (χ0n) is 15.2. The number of nitrogens with zero attached hydrogens (tertiary/aromatic N) is 2. The van der Waals surface area contributed by atoms with Gasteiger partial charge in [-0.15, -0.1) is 0 Å². The largest absolute Gasteiger partial charge is 0.480 e. The quantitative estimate of drug-likeness (QED) is 0.618. The Balaban J connectivity index is 1.73. The number of carboxylic acid groups (broad SMARTS) is 1. The number of amides is 2. The first-order chi connectivity index (χ1) is 12.1. The van der Waals surface area contributed by atoms with Gasteiger partial charge in [-0.3, -0.25) is 4.79 Å². The van der Waals surface area contributed by atoms with Crippen LogP contribution in [0.4, 0.5) is 4.79 Å². The van der Waals surface area contributed by atoms with Gasteiger partial charge in [0.15, 0.2) is 0 Å². The number of aliphatic carboxylic acids is 1. The Bertz CT molecular complexity index is 557. The normalized spacial score (nSPS) is 14.4. The minimum absolute atomic E-state index is 0.182. The summed E-state index contributed by atoms with van der Waals surface area (Å²) in [5.74, 6) is -0.964. The predicted molar refractivity (Wildman–Crippen MR) is 98.5 cm³/mol. The maximum Gasteiger partial charge on any atom is 0.323 e. The Morgan fingerprint density at radius 2 is 1.56 bits per heavy atom. The molecule has 1 saturated heterocycles. The van der Waals surface area contributed by atoms with Crippen molar-refractivity contribution in [2.75, 3.05) is 19.6 Å². The fraction of sp³-hybridized carbons (Fsp3) is 0.600. The zero-order valence-corrected chi connectivity index (χ0v) is 15.2. The fourth-order valence-corrected chi connectivity index (χ4v) is 3.23. The number of hydrogen-bond donors (Lipinski definition) is 1. The minimum Gasteiger partial charge on any atom is -0.480 e. The highest BCUT2D eigenvalue weighted by atomic mass is 16.4. The smallest absolute Gasteiger partial charge is 0.323 e. The van der Waals surface area contributed by atoms with Crippen LogP contribution in [0.1, 0.15) is 56.6 Å². The summed E-state index contributed by atoms with van der Waals surface area (Å²) in [6.45, 7) is 3.65. The second-order valence-corrected chi connectivity index (χ2v) is 6.85. The highest BCUT2D eigenvalue weighted by Gasteiger charge is 2.29. The Kier molecular flexibility index (Phi) is 7.76. The summed E-state index contributed by atoms with van der Waals surface area (Å²) >= 11 is 0. The molecule has 1 aliphatic heterocycles. The standard InChI is InChI=1S/C20H30N2O3/c1-2-3-4-5-6-7-8-17-9-11-18(12-10-17)15-21-13-14-22(20(21)25)16-19(23)24/h9-12H,2-8,13-16H2,1H3,(H,23,24). The molecule has 0 saturated carbocycles. The van der Waals surface area contributed by atoms with Crippen LogP contribution in [0.2, 0.25) is 0 Å². The summed E-state index contributed by atoms with van der Waals surface area (Å²) < 4.78 is 0. The maximum absolute atomic E-state index is 12.2. The van der Waals surface area contributed by atoms with Gasteiger partial charge in [0.1, 0.15) is 6.54 Å². The van der Waals surface area contributed by atoms with Crippen molar-refractivity contribution in [1.29, 1.82) is 0 Å². The molecule has 25 heavy (non-hydrogen) atoms.